The summed E-state index contributed by atoms with van der Waals surface area (Å²) in [4.78, 5) is 16.2. The van der Waals surface area contributed by atoms with Crippen molar-refractivity contribution >= 4 is 17.9 Å². The van der Waals surface area contributed by atoms with Gasteiger partial charge in [-0.3, -0.25) is 0 Å². The smallest absolute Gasteiger partial charge is 0.363 e. The van der Waals surface area contributed by atoms with Gasteiger partial charge in [0.05, 0.1) is 7.11 Å². The molecule has 1 aliphatic heterocycles. The van der Waals surface area contributed by atoms with Crippen LogP contribution in [0.3, 0.4) is 0 Å². The fourth-order valence-corrected chi connectivity index (χ4v) is 2.34. The van der Waals surface area contributed by atoms with Gasteiger partial charge in [0.25, 0.3) is 0 Å². The summed E-state index contributed by atoms with van der Waals surface area (Å²) >= 11 is 0. The third kappa shape index (κ3) is 3.75. The monoisotopic (exact) mass is 301 g/mol. The normalized spacial score (nSPS) is 16.4. The van der Waals surface area contributed by atoms with Gasteiger partial charge in [0.15, 0.2) is 11.6 Å². The van der Waals surface area contributed by atoms with Crippen LogP contribution in [0.5, 0.6) is 5.75 Å². The molecule has 0 spiro atoms. The van der Waals surface area contributed by atoms with Gasteiger partial charge in [0.1, 0.15) is 5.75 Å². The van der Waals surface area contributed by atoms with Crippen LogP contribution in [0.2, 0.25) is 0 Å². The van der Waals surface area contributed by atoms with Crippen molar-refractivity contribution in [1.82, 2.24) is 0 Å². The van der Waals surface area contributed by atoms with Crippen LogP contribution in [0, 0.1) is 5.92 Å². The molecule has 0 unspecified atom stereocenters. The first-order chi connectivity index (χ1) is 10.4. The van der Waals surface area contributed by atoms with Crippen LogP contribution in [-0.2, 0) is 9.53 Å². The van der Waals surface area contributed by atoms with E-state index < -0.39 is 0 Å². The van der Waals surface area contributed by atoms with Crippen molar-refractivity contribution in [3.8, 4) is 5.75 Å². The van der Waals surface area contributed by atoms with Crippen molar-refractivity contribution < 1.29 is 14.3 Å². The van der Waals surface area contributed by atoms with Gasteiger partial charge in [0, 0.05) is 6.42 Å². The summed E-state index contributed by atoms with van der Waals surface area (Å²) < 4.78 is 10.6. The Hall–Kier alpha value is -2.10. The van der Waals surface area contributed by atoms with Crippen LogP contribution in [0.1, 0.15) is 51.2 Å². The topological polar surface area (TPSA) is 47.9 Å². The van der Waals surface area contributed by atoms with Crippen molar-refractivity contribution in [2.24, 2.45) is 10.9 Å². The minimum Gasteiger partial charge on any atom is -0.496 e. The van der Waals surface area contributed by atoms with E-state index in [1.165, 1.54) is 0 Å². The summed E-state index contributed by atoms with van der Waals surface area (Å²) in [5.74, 6) is 1.72. The number of hydrogen-bond donors (Lipinski definition) is 0. The SMILES string of the molecule is COc1ccc(/C=C2/N=C(CC(C)C)OC2=O)cc1C(C)C. The van der Waals surface area contributed by atoms with Crippen molar-refractivity contribution in [3.05, 3.63) is 35.0 Å². The number of aliphatic imine (C=N–C) groups is 1. The molecule has 0 aliphatic carbocycles. The third-order valence-electron chi connectivity index (χ3n) is 3.43. The molecule has 118 valence electrons. The second-order valence-corrected chi connectivity index (χ2v) is 6.18. The van der Waals surface area contributed by atoms with Gasteiger partial charge in [-0.05, 0) is 41.2 Å². The average Bonchev–Trinajstić information content (AvgIpc) is 2.77. The Balaban J connectivity index is 2.31. The first-order valence-electron chi connectivity index (χ1n) is 7.60. The summed E-state index contributed by atoms with van der Waals surface area (Å²) in [5, 5.41) is 0. The Morgan fingerprint density at radius 1 is 1.27 bits per heavy atom. The molecule has 2 rings (SSSR count). The minimum atomic E-state index is -0.377. The molecule has 1 aliphatic rings. The van der Waals surface area contributed by atoms with Gasteiger partial charge in [0.2, 0.25) is 0 Å². The van der Waals surface area contributed by atoms with E-state index in [4.69, 9.17) is 9.47 Å². The minimum absolute atomic E-state index is 0.337. The molecule has 0 saturated heterocycles. The zero-order valence-corrected chi connectivity index (χ0v) is 13.8. The predicted octanol–water partition coefficient (Wildman–Crippen LogP) is 4.16. The van der Waals surface area contributed by atoms with Gasteiger partial charge in [-0.25, -0.2) is 9.79 Å². The number of carbonyl (C=O) groups excluding carboxylic acids is 1. The van der Waals surface area contributed by atoms with Crippen LogP contribution in [0.25, 0.3) is 6.08 Å². The fraction of sp³-hybridized carbons (Fsp3) is 0.444. The first-order valence-corrected chi connectivity index (χ1v) is 7.60. The van der Waals surface area contributed by atoms with Gasteiger partial charge >= 0.3 is 5.97 Å². The highest BCUT2D eigenvalue weighted by atomic mass is 16.6. The number of benzene rings is 1. The maximum atomic E-state index is 11.9. The van der Waals surface area contributed by atoms with Crippen LogP contribution < -0.4 is 4.74 Å². The molecule has 0 amide bonds. The van der Waals surface area contributed by atoms with E-state index >= 15 is 0 Å². The number of ether oxygens (including phenoxy) is 2. The lowest BCUT2D eigenvalue weighted by Gasteiger charge is -2.12. The Morgan fingerprint density at radius 2 is 2.00 bits per heavy atom. The summed E-state index contributed by atoms with van der Waals surface area (Å²) in [6.45, 7) is 8.35. The van der Waals surface area contributed by atoms with Crippen molar-refractivity contribution in [2.45, 2.75) is 40.0 Å². The second-order valence-electron chi connectivity index (χ2n) is 6.18. The summed E-state index contributed by atoms with van der Waals surface area (Å²) in [6, 6.07) is 5.86. The third-order valence-corrected chi connectivity index (χ3v) is 3.43. The predicted molar refractivity (Wildman–Crippen MR) is 88.0 cm³/mol. The van der Waals surface area contributed by atoms with E-state index in [-0.39, 0.29) is 5.97 Å². The Bertz CT molecular complexity index is 627. The van der Waals surface area contributed by atoms with Crippen molar-refractivity contribution in [3.63, 3.8) is 0 Å². The number of hydrogen-bond acceptors (Lipinski definition) is 4. The van der Waals surface area contributed by atoms with Crippen molar-refractivity contribution in [1.29, 1.82) is 0 Å². The zero-order chi connectivity index (χ0) is 16.3. The van der Waals surface area contributed by atoms with E-state index in [9.17, 15) is 4.79 Å². The molecule has 4 nitrogen and oxygen atoms in total. The molecule has 22 heavy (non-hydrogen) atoms. The van der Waals surface area contributed by atoms with Crippen LogP contribution in [0.15, 0.2) is 28.9 Å². The largest absolute Gasteiger partial charge is 0.496 e. The molecule has 0 N–H and O–H groups in total. The molecule has 0 aromatic heterocycles. The van der Waals surface area contributed by atoms with Crippen LogP contribution in [-0.4, -0.2) is 19.0 Å². The quantitative estimate of drug-likeness (QED) is 0.606. The summed E-state index contributed by atoms with van der Waals surface area (Å²) in [5.41, 5.74) is 2.39. The van der Waals surface area contributed by atoms with E-state index in [1.807, 2.05) is 18.2 Å². The Morgan fingerprint density at radius 3 is 2.59 bits per heavy atom. The number of cyclic esters (lactones) is 1. The molecule has 1 aromatic carbocycles. The van der Waals surface area contributed by atoms with Gasteiger partial charge in [-0.2, -0.15) is 0 Å². The lowest BCUT2D eigenvalue weighted by molar-refractivity contribution is -0.130. The standard InChI is InChI=1S/C18H23NO3/c1-11(2)8-17-19-15(18(20)22-17)10-13-6-7-16(21-5)14(9-13)12(3)4/h6-7,9-12H,8H2,1-5H3/b15-10+. The summed E-state index contributed by atoms with van der Waals surface area (Å²) in [6.07, 6.45) is 2.43. The zero-order valence-electron chi connectivity index (χ0n) is 13.8. The number of methoxy groups -OCH3 is 1. The van der Waals surface area contributed by atoms with Crippen molar-refractivity contribution in [2.75, 3.05) is 7.11 Å². The molecule has 0 bridgehead atoms. The molecule has 0 atom stereocenters. The second kappa shape index (κ2) is 6.77. The van der Waals surface area contributed by atoms with Crippen LogP contribution in [0.4, 0.5) is 0 Å². The molecule has 1 aromatic rings. The molecule has 4 heteroatoms. The highest BCUT2D eigenvalue weighted by molar-refractivity contribution is 6.07. The van der Waals surface area contributed by atoms with Gasteiger partial charge in [-0.15, -0.1) is 0 Å². The first kappa shape index (κ1) is 16.3. The maximum absolute atomic E-state index is 11.9. The lowest BCUT2D eigenvalue weighted by atomic mass is 9.99. The fourth-order valence-electron chi connectivity index (χ4n) is 2.34. The molecule has 1 heterocycles. The molecule has 0 fully saturated rings. The lowest BCUT2D eigenvalue weighted by Crippen LogP contribution is -2.06. The Kier molecular flexibility index (Phi) is 5.01. The van der Waals surface area contributed by atoms with E-state index in [1.54, 1.807) is 13.2 Å². The van der Waals surface area contributed by atoms with Crippen LogP contribution >= 0.6 is 0 Å². The number of nitrogens with zero attached hydrogens (tertiary/aromatic N) is 1. The van der Waals surface area contributed by atoms with E-state index in [0.29, 0.717) is 29.9 Å². The molecular formula is C18H23NO3. The molecular weight excluding hydrogens is 278 g/mol. The highest BCUT2D eigenvalue weighted by Crippen LogP contribution is 2.28. The molecule has 0 radical (unpaired) electrons. The van der Waals surface area contributed by atoms with E-state index in [0.717, 1.165) is 16.9 Å². The Labute approximate surface area is 131 Å². The average molecular weight is 301 g/mol. The number of carbonyl (C=O) groups is 1. The molecule has 0 saturated carbocycles. The number of rotatable bonds is 5. The number of esters is 1. The highest BCUT2D eigenvalue weighted by Gasteiger charge is 2.23. The summed E-state index contributed by atoms with van der Waals surface area (Å²) in [7, 11) is 1.66. The van der Waals surface area contributed by atoms with Gasteiger partial charge < -0.3 is 9.47 Å². The maximum Gasteiger partial charge on any atom is 0.363 e. The van der Waals surface area contributed by atoms with E-state index in [2.05, 4.69) is 32.7 Å². The van der Waals surface area contributed by atoms with Gasteiger partial charge in [-0.1, -0.05) is 33.8 Å².